The lowest BCUT2D eigenvalue weighted by atomic mass is 10.1. The Bertz CT molecular complexity index is 1040. The second-order valence-corrected chi connectivity index (χ2v) is 5.74. The minimum absolute atomic E-state index is 0.655. The number of nitrogens with zero attached hydrogens (tertiary/aromatic N) is 2. The zero-order chi connectivity index (χ0) is 18.2. The van der Waals surface area contributed by atoms with E-state index in [0.29, 0.717) is 11.3 Å². The quantitative estimate of drug-likeness (QED) is 0.398. The van der Waals surface area contributed by atoms with Crippen LogP contribution in [0.25, 0.3) is 29.1 Å². The van der Waals surface area contributed by atoms with E-state index < -0.39 is 0 Å². The molecule has 0 amide bonds. The van der Waals surface area contributed by atoms with E-state index in [1.54, 1.807) is 6.07 Å². The van der Waals surface area contributed by atoms with E-state index in [9.17, 15) is 0 Å². The van der Waals surface area contributed by atoms with Gasteiger partial charge in [-0.15, -0.1) is 0 Å². The average molecular weight is 332 g/mol. The first-order chi connectivity index (χ1) is 12.8. The predicted octanol–water partition coefficient (Wildman–Crippen LogP) is 6.45. The van der Waals surface area contributed by atoms with E-state index in [0.717, 1.165) is 22.3 Å². The molecule has 0 spiro atoms. The van der Waals surface area contributed by atoms with Crippen molar-refractivity contribution >= 4 is 30.0 Å². The first-order valence-corrected chi connectivity index (χ1v) is 8.21. The third-order valence-electron chi connectivity index (χ3n) is 3.93. The maximum Gasteiger partial charge on any atom is 0.194 e. The van der Waals surface area contributed by atoms with Crippen molar-refractivity contribution < 1.29 is 0 Å². The molecule has 0 radical (unpaired) electrons. The molecule has 122 valence electrons. The van der Waals surface area contributed by atoms with Crippen molar-refractivity contribution in [3.8, 4) is 6.07 Å². The lowest BCUT2D eigenvalue weighted by Crippen LogP contribution is -1.78. The molecule has 0 aromatic heterocycles. The first-order valence-electron chi connectivity index (χ1n) is 8.21. The van der Waals surface area contributed by atoms with Crippen LogP contribution in [0.5, 0.6) is 0 Å². The number of nitriles is 1. The maximum atomic E-state index is 8.95. The molecule has 0 heterocycles. The minimum Gasteiger partial charge on any atom is -0.238 e. The molecule has 0 unspecified atom stereocenters. The van der Waals surface area contributed by atoms with Crippen LogP contribution in [0.2, 0.25) is 0 Å². The molecule has 0 aliphatic heterocycles. The smallest absolute Gasteiger partial charge is 0.194 e. The Kier molecular flexibility index (Phi) is 5.41. The normalized spacial score (nSPS) is 10.7. The largest absolute Gasteiger partial charge is 0.238 e. The number of para-hydroxylation sites is 1. The summed E-state index contributed by atoms with van der Waals surface area (Å²) in [5, 5.41) is 8.95. The molecule has 2 heteroatoms. The van der Waals surface area contributed by atoms with E-state index in [1.165, 1.54) is 0 Å². The summed E-state index contributed by atoms with van der Waals surface area (Å²) in [5.41, 5.74) is 5.40. The molecule has 0 aliphatic carbocycles. The van der Waals surface area contributed by atoms with Crippen molar-refractivity contribution in [2.45, 2.75) is 0 Å². The second kappa shape index (κ2) is 8.29. The van der Waals surface area contributed by atoms with E-state index in [1.807, 2.05) is 91.0 Å². The number of rotatable bonds is 4. The fourth-order valence-electron chi connectivity index (χ4n) is 2.54. The van der Waals surface area contributed by atoms with Crippen LogP contribution >= 0.6 is 0 Å². The summed E-state index contributed by atoms with van der Waals surface area (Å²) in [7, 11) is 0. The van der Waals surface area contributed by atoms with Gasteiger partial charge in [0.2, 0.25) is 0 Å². The monoisotopic (exact) mass is 332 g/mol. The number of hydrogen-bond acceptors (Lipinski definition) is 1. The number of benzene rings is 3. The molecule has 0 fully saturated rings. The summed E-state index contributed by atoms with van der Waals surface area (Å²) < 4.78 is 0. The van der Waals surface area contributed by atoms with Crippen molar-refractivity contribution in [3.05, 3.63) is 112 Å². The van der Waals surface area contributed by atoms with Crippen LogP contribution < -0.4 is 0 Å². The Morgan fingerprint density at radius 1 is 0.731 bits per heavy atom. The van der Waals surface area contributed by atoms with Crippen LogP contribution in [0.15, 0.2) is 72.8 Å². The molecular formula is C24H16N2. The predicted molar refractivity (Wildman–Crippen MR) is 108 cm³/mol. The molecule has 0 saturated carbocycles. The third-order valence-corrected chi connectivity index (χ3v) is 3.93. The highest BCUT2D eigenvalue weighted by Crippen LogP contribution is 2.21. The van der Waals surface area contributed by atoms with Gasteiger partial charge in [-0.05, 0) is 34.4 Å². The molecule has 0 aliphatic rings. The molecule has 0 bridgehead atoms. The van der Waals surface area contributed by atoms with Crippen molar-refractivity contribution in [3.63, 3.8) is 0 Å². The number of hydrogen-bond donors (Lipinski definition) is 0. The Morgan fingerprint density at radius 3 is 2.08 bits per heavy atom. The van der Waals surface area contributed by atoms with Gasteiger partial charge in [-0.1, -0.05) is 85.0 Å². The lowest BCUT2D eigenvalue weighted by Gasteiger charge is -1.99. The van der Waals surface area contributed by atoms with E-state index in [4.69, 9.17) is 11.8 Å². The van der Waals surface area contributed by atoms with Gasteiger partial charge in [0.15, 0.2) is 5.69 Å². The van der Waals surface area contributed by atoms with Crippen LogP contribution in [-0.2, 0) is 0 Å². The summed E-state index contributed by atoms with van der Waals surface area (Å²) in [6.45, 7) is 7.20. The fourth-order valence-corrected chi connectivity index (χ4v) is 2.54. The molecule has 3 aromatic rings. The van der Waals surface area contributed by atoms with Crippen LogP contribution in [0, 0.1) is 17.9 Å². The van der Waals surface area contributed by atoms with Gasteiger partial charge in [0.25, 0.3) is 0 Å². The van der Waals surface area contributed by atoms with Crippen LogP contribution in [0.3, 0.4) is 0 Å². The van der Waals surface area contributed by atoms with E-state index >= 15 is 0 Å². The van der Waals surface area contributed by atoms with Gasteiger partial charge >= 0.3 is 0 Å². The van der Waals surface area contributed by atoms with Crippen molar-refractivity contribution in [2.75, 3.05) is 0 Å². The molecule has 0 atom stereocenters. The van der Waals surface area contributed by atoms with Gasteiger partial charge in [0.1, 0.15) is 0 Å². The van der Waals surface area contributed by atoms with Gasteiger partial charge < -0.3 is 0 Å². The van der Waals surface area contributed by atoms with Crippen molar-refractivity contribution in [1.29, 1.82) is 5.26 Å². The van der Waals surface area contributed by atoms with Crippen LogP contribution in [0.4, 0.5) is 5.69 Å². The molecule has 0 N–H and O–H groups in total. The van der Waals surface area contributed by atoms with Gasteiger partial charge in [0.05, 0.1) is 18.2 Å². The first kappa shape index (κ1) is 17.0. The van der Waals surface area contributed by atoms with Gasteiger partial charge in [0, 0.05) is 0 Å². The lowest BCUT2D eigenvalue weighted by molar-refractivity contribution is 1.48. The van der Waals surface area contributed by atoms with Gasteiger partial charge in [-0.2, -0.15) is 5.26 Å². The Morgan fingerprint density at radius 2 is 1.38 bits per heavy atom. The highest BCUT2D eigenvalue weighted by atomic mass is 14.6. The SMILES string of the molecule is [C-]#[N+]c1ccccc1C=Cc1ccc(C=Cc2cccc(C#N)c2)cc1. The van der Waals surface area contributed by atoms with Gasteiger partial charge in [-0.3, -0.25) is 0 Å². The standard InChI is InChI=1S/C24H16N2/c1-26-24-8-3-2-7-23(24)16-15-20-11-9-19(10-12-20)13-14-21-5-4-6-22(17-21)18-25/h2-17H. The Balaban J connectivity index is 1.72. The summed E-state index contributed by atoms with van der Waals surface area (Å²) in [5.74, 6) is 0. The maximum absolute atomic E-state index is 8.95. The molecule has 2 nitrogen and oxygen atoms in total. The van der Waals surface area contributed by atoms with Crippen molar-refractivity contribution in [2.24, 2.45) is 0 Å². The Labute approximate surface area is 153 Å². The third kappa shape index (κ3) is 4.35. The van der Waals surface area contributed by atoms with Crippen LogP contribution in [0.1, 0.15) is 27.8 Å². The minimum atomic E-state index is 0.655. The zero-order valence-electron chi connectivity index (χ0n) is 14.1. The van der Waals surface area contributed by atoms with E-state index in [-0.39, 0.29) is 0 Å². The topological polar surface area (TPSA) is 28.1 Å². The van der Waals surface area contributed by atoms with Gasteiger partial charge in [-0.25, -0.2) is 4.85 Å². The fraction of sp³-hybridized carbons (Fsp3) is 0. The zero-order valence-corrected chi connectivity index (χ0v) is 14.1. The van der Waals surface area contributed by atoms with Crippen LogP contribution in [-0.4, -0.2) is 0 Å². The summed E-state index contributed by atoms with van der Waals surface area (Å²) in [6.07, 6.45) is 8.00. The molecule has 3 rings (SSSR count). The average Bonchev–Trinajstić information content (AvgIpc) is 2.72. The molecule has 0 saturated heterocycles. The van der Waals surface area contributed by atoms with E-state index in [2.05, 4.69) is 10.9 Å². The molecule has 3 aromatic carbocycles. The highest BCUT2D eigenvalue weighted by Gasteiger charge is 1.96. The Hall–Kier alpha value is -3.88. The summed E-state index contributed by atoms with van der Waals surface area (Å²) >= 11 is 0. The molecular weight excluding hydrogens is 316 g/mol. The van der Waals surface area contributed by atoms with Crippen molar-refractivity contribution in [1.82, 2.24) is 0 Å². The summed E-state index contributed by atoms with van der Waals surface area (Å²) in [6, 6.07) is 25.4. The summed E-state index contributed by atoms with van der Waals surface area (Å²) in [4.78, 5) is 3.53. The second-order valence-electron chi connectivity index (χ2n) is 5.74. The molecule has 26 heavy (non-hydrogen) atoms. The highest BCUT2D eigenvalue weighted by molar-refractivity contribution is 5.77.